The third-order valence-corrected chi connectivity index (χ3v) is 4.95. The van der Waals surface area contributed by atoms with Gasteiger partial charge in [0.05, 0.1) is 12.0 Å². The summed E-state index contributed by atoms with van der Waals surface area (Å²) in [6.07, 6.45) is 4.44. The molecule has 0 aromatic heterocycles. The molecule has 1 N–H and O–H groups in total. The Kier molecular flexibility index (Phi) is 6.67. The monoisotopic (exact) mass is 350 g/mol. The van der Waals surface area contributed by atoms with E-state index < -0.39 is 5.41 Å². The Morgan fingerprint density at radius 1 is 1.17 bits per heavy atom. The van der Waals surface area contributed by atoms with E-state index in [-0.39, 0.29) is 18.4 Å². The minimum absolute atomic E-state index is 0.0737. The van der Waals surface area contributed by atoms with E-state index in [0.29, 0.717) is 18.1 Å². The lowest BCUT2D eigenvalue weighted by molar-refractivity contribution is -0.144. The summed E-state index contributed by atoms with van der Waals surface area (Å²) in [6, 6.07) is 7.56. The van der Waals surface area contributed by atoms with Gasteiger partial charge in [-0.05, 0) is 43.4 Å². The summed E-state index contributed by atoms with van der Waals surface area (Å²) in [7, 11) is 0. The van der Waals surface area contributed by atoms with E-state index in [1.165, 1.54) is 0 Å². The maximum absolute atomic E-state index is 13.2. The normalized spacial score (nSPS) is 15.5. The number of nitrogens with zero attached hydrogens (tertiary/aromatic N) is 1. The molecule has 0 bridgehead atoms. The smallest absolute Gasteiger partial charge is 0.239 e. The first kappa shape index (κ1) is 18.8. The van der Waals surface area contributed by atoms with E-state index in [2.05, 4.69) is 5.32 Å². The second kappa shape index (κ2) is 8.52. The van der Waals surface area contributed by atoms with Gasteiger partial charge in [0.25, 0.3) is 0 Å². The standard InChI is InChI=1S/C19H27ClN2O2/c1-3-12-21-17(23)14-22(13-4-2)18(24)19(10-5-11-19)15-6-8-16(20)9-7-15/h6-9H,3-5,10-14H2,1-2H3,(H,21,23). The first-order valence-corrected chi connectivity index (χ1v) is 9.23. The molecule has 2 amide bonds. The van der Waals surface area contributed by atoms with Crippen molar-refractivity contribution in [3.05, 3.63) is 34.9 Å². The van der Waals surface area contributed by atoms with Crippen molar-refractivity contribution in [3.63, 3.8) is 0 Å². The largest absolute Gasteiger partial charge is 0.355 e. The summed E-state index contributed by atoms with van der Waals surface area (Å²) in [5.74, 6) is -0.00574. The highest BCUT2D eigenvalue weighted by molar-refractivity contribution is 6.30. The molecule has 0 aliphatic heterocycles. The van der Waals surface area contributed by atoms with Gasteiger partial charge in [0.1, 0.15) is 0 Å². The van der Waals surface area contributed by atoms with Gasteiger partial charge in [0, 0.05) is 18.1 Å². The minimum atomic E-state index is -0.481. The zero-order valence-electron chi connectivity index (χ0n) is 14.6. The van der Waals surface area contributed by atoms with Crippen molar-refractivity contribution in [2.75, 3.05) is 19.6 Å². The Bertz CT molecular complexity index is 567. The van der Waals surface area contributed by atoms with Crippen molar-refractivity contribution in [3.8, 4) is 0 Å². The summed E-state index contributed by atoms with van der Waals surface area (Å²) in [4.78, 5) is 27.0. The SMILES string of the molecule is CCCNC(=O)CN(CCC)C(=O)C1(c2ccc(Cl)cc2)CCC1. The topological polar surface area (TPSA) is 49.4 Å². The number of hydrogen-bond donors (Lipinski definition) is 1. The minimum Gasteiger partial charge on any atom is -0.355 e. The van der Waals surface area contributed by atoms with E-state index in [4.69, 9.17) is 11.6 Å². The highest BCUT2D eigenvalue weighted by atomic mass is 35.5. The zero-order chi connectivity index (χ0) is 17.6. The number of nitrogens with one attached hydrogen (secondary N) is 1. The van der Waals surface area contributed by atoms with Crippen LogP contribution in [0.5, 0.6) is 0 Å². The van der Waals surface area contributed by atoms with Crippen LogP contribution in [0, 0.1) is 0 Å². The van der Waals surface area contributed by atoms with E-state index in [1.54, 1.807) is 4.90 Å². The van der Waals surface area contributed by atoms with Gasteiger partial charge < -0.3 is 10.2 Å². The molecular weight excluding hydrogens is 324 g/mol. The summed E-state index contributed by atoms with van der Waals surface area (Å²) in [5.41, 5.74) is 0.531. The molecule has 1 aromatic rings. The molecule has 0 saturated heterocycles. The number of halogens is 1. The number of carbonyl (C=O) groups excluding carboxylic acids is 2. The fourth-order valence-electron chi connectivity index (χ4n) is 3.24. The molecule has 0 radical (unpaired) electrons. The molecule has 0 atom stereocenters. The summed E-state index contributed by atoms with van der Waals surface area (Å²) >= 11 is 5.98. The van der Waals surface area contributed by atoms with Crippen LogP contribution in [0.3, 0.4) is 0 Å². The Labute approximate surface area is 149 Å². The number of amides is 2. The average molecular weight is 351 g/mol. The van der Waals surface area contributed by atoms with Crippen molar-refractivity contribution in [1.82, 2.24) is 10.2 Å². The fourth-order valence-corrected chi connectivity index (χ4v) is 3.37. The molecular formula is C19H27ClN2O2. The molecule has 132 valence electrons. The third-order valence-electron chi connectivity index (χ3n) is 4.70. The maximum Gasteiger partial charge on any atom is 0.239 e. The van der Waals surface area contributed by atoms with Gasteiger partial charge in [-0.25, -0.2) is 0 Å². The Hall–Kier alpha value is -1.55. The molecule has 1 aliphatic rings. The quantitative estimate of drug-likeness (QED) is 0.779. The van der Waals surface area contributed by atoms with E-state index in [0.717, 1.165) is 37.7 Å². The Morgan fingerprint density at radius 3 is 2.33 bits per heavy atom. The third kappa shape index (κ3) is 4.10. The van der Waals surface area contributed by atoms with Crippen molar-refractivity contribution in [1.29, 1.82) is 0 Å². The summed E-state index contributed by atoms with van der Waals surface area (Å²) in [5, 5.41) is 3.53. The van der Waals surface area contributed by atoms with E-state index in [1.807, 2.05) is 38.1 Å². The molecule has 24 heavy (non-hydrogen) atoms. The number of rotatable bonds is 8. The molecule has 0 unspecified atom stereocenters. The first-order chi connectivity index (χ1) is 11.5. The van der Waals surface area contributed by atoms with Gasteiger partial charge in [-0.3, -0.25) is 9.59 Å². The van der Waals surface area contributed by atoms with Gasteiger partial charge in [-0.2, -0.15) is 0 Å². The molecule has 0 heterocycles. The predicted octanol–water partition coefficient (Wildman–Crippen LogP) is 3.53. The van der Waals surface area contributed by atoms with Crippen LogP contribution in [0.4, 0.5) is 0 Å². The molecule has 4 nitrogen and oxygen atoms in total. The molecule has 5 heteroatoms. The average Bonchev–Trinajstić information content (AvgIpc) is 2.53. The number of benzene rings is 1. The number of hydrogen-bond acceptors (Lipinski definition) is 2. The van der Waals surface area contributed by atoms with Crippen LogP contribution in [0.1, 0.15) is 51.5 Å². The lowest BCUT2D eigenvalue weighted by Gasteiger charge is -2.44. The first-order valence-electron chi connectivity index (χ1n) is 8.85. The van der Waals surface area contributed by atoms with Gasteiger partial charge in [0.15, 0.2) is 0 Å². The maximum atomic E-state index is 13.2. The van der Waals surface area contributed by atoms with Crippen LogP contribution >= 0.6 is 11.6 Å². The second-order valence-corrected chi connectivity index (χ2v) is 6.96. The van der Waals surface area contributed by atoms with Crippen LogP contribution in [0.25, 0.3) is 0 Å². The van der Waals surface area contributed by atoms with Crippen LogP contribution in [-0.4, -0.2) is 36.3 Å². The second-order valence-electron chi connectivity index (χ2n) is 6.52. The highest BCUT2D eigenvalue weighted by Gasteiger charge is 2.47. The van der Waals surface area contributed by atoms with E-state index in [9.17, 15) is 9.59 Å². The van der Waals surface area contributed by atoms with Crippen molar-refractivity contribution < 1.29 is 9.59 Å². The molecule has 0 spiro atoms. The van der Waals surface area contributed by atoms with Crippen molar-refractivity contribution in [2.24, 2.45) is 0 Å². The van der Waals surface area contributed by atoms with Crippen molar-refractivity contribution in [2.45, 2.75) is 51.4 Å². The molecule has 1 aliphatic carbocycles. The lowest BCUT2D eigenvalue weighted by atomic mass is 9.63. The highest BCUT2D eigenvalue weighted by Crippen LogP contribution is 2.45. The Balaban J connectivity index is 2.17. The van der Waals surface area contributed by atoms with Crippen LogP contribution in [0.15, 0.2) is 24.3 Å². The van der Waals surface area contributed by atoms with Gasteiger partial charge in [0.2, 0.25) is 11.8 Å². The van der Waals surface area contributed by atoms with Gasteiger partial charge >= 0.3 is 0 Å². The molecule has 1 aromatic carbocycles. The molecule has 1 saturated carbocycles. The fraction of sp³-hybridized carbons (Fsp3) is 0.579. The van der Waals surface area contributed by atoms with Crippen molar-refractivity contribution >= 4 is 23.4 Å². The molecule has 1 fully saturated rings. The number of carbonyl (C=O) groups is 2. The Morgan fingerprint density at radius 2 is 1.83 bits per heavy atom. The van der Waals surface area contributed by atoms with Crippen LogP contribution in [-0.2, 0) is 15.0 Å². The lowest BCUT2D eigenvalue weighted by Crippen LogP contribution is -2.53. The van der Waals surface area contributed by atoms with Crippen LogP contribution in [0.2, 0.25) is 5.02 Å². The summed E-state index contributed by atoms with van der Waals surface area (Å²) in [6.45, 7) is 5.43. The predicted molar refractivity (Wildman–Crippen MR) is 97.2 cm³/mol. The van der Waals surface area contributed by atoms with Gasteiger partial charge in [-0.15, -0.1) is 0 Å². The zero-order valence-corrected chi connectivity index (χ0v) is 15.4. The molecule has 2 rings (SSSR count). The summed E-state index contributed by atoms with van der Waals surface area (Å²) < 4.78 is 0. The van der Waals surface area contributed by atoms with E-state index >= 15 is 0 Å². The van der Waals surface area contributed by atoms with Crippen LogP contribution < -0.4 is 5.32 Å². The van der Waals surface area contributed by atoms with Gasteiger partial charge in [-0.1, -0.05) is 44.0 Å².